The molecule has 0 aliphatic carbocycles. The van der Waals surface area contributed by atoms with Gasteiger partial charge in [-0.25, -0.2) is 0 Å². The van der Waals surface area contributed by atoms with Gasteiger partial charge in [0.05, 0.1) is 23.0 Å². The van der Waals surface area contributed by atoms with Gasteiger partial charge in [0.2, 0.25) is 23.6 Å². The molecule has 4 aromatic rings. The smallest absolute Gasteiger partial charge is 0.253 e. The highest BCUT2D eigenvalue weighted by Crippen LogP contribution is 2.40. The largest absolute Gasteiger partial charge is 0.492 e. The summed E-state index contributed by atoms with van der Waals surface area (Å²) in [5.41, 5.74) is 23.9. The summed E-state index contributed by atoms with van der Waals surface area (Å²) in [6, 6.07) is 17.0. The van der Waals surface area contributed by atoms with Crippen molar-refractivity contribution < 1.29 is 33.4 Å². The minimum absolute atomic E-state index is 0.00534. The van der Waals surface area contributed by atoms with E-state index in [9.17, 15) is 29.2 Å². The minimum atomic E-state index is -1.39. The van der Waals surface area contributed by atoms with Gasteiger partial charge in [-0.2, -0.15) is 5.26 Å². The van der Waals surface area contributed by atoms with Crippen LogP contribution in [0.15, 0.2) is 66.7 Å². The van der Waals surface area contributed by atoms with Gasteiger partial charge >= 0.3 is 0 Å². The van der Waals surface area contributed by atoms with Gasteiger partial charge in [0, 0.05) is 43.2 Å². The number of aromatic nitrogens is 1. The summed E-state index contributed by atoms with van der Waals surface area (Å²) in [6.07, 6.45) is 0.0259. The molecular weight excluding hydrogens is 841 g/mol. The summed E-state index contributed by atoms with van der Waals surface area (Å²) in [4.78, 5) is 76.5. The van der Waals surface area contributed by atoms with Crippen molar-refractivity contribution in [3.8, 4) is 40.0 Å². The fraction of sp³-hybridized carbons (Fsp3) is 0.408. The number of carbonyl (C=O) groups excluding carboxylic acids is 5. The molecule has 0 saturated heterocycles. The topological polar surface area (TPSA) is 270 Å². The Morgan fingerprint density at radius 2 is 1.53 bits per heavy atom. The van der Waals surface area contributed by atoms with E-state index in [4.69, 9.17) is 31.7 Å². The maximum Gasteiger partial charge on any atom is 0.253 e. The van der Waals surface area contributed by atoms with E-state index in [-0.39, 0.29) is 63.2 Å². The summed E-state index contributed by atoms with van der Waals surface area (Å²) in [5.74, 6) is -2.47. The standard InChI is InChI=1S/C49H62N10O7/c1-28-24-35(29(2)55-42(28)32-9-12-34(13-10-32)49(4,5)6)45(61)57-38(16-17-50)48(64)59(7)43-33-11-15-41(66-23-20-53)37(27-33)36-25-31(8-14-40(36)65-22-19-52)26-39(46(62)54-21-18-51)58-44(60)30(3)56-47(43)63/h8-15,24-25,27,30,38-39,43H,16-17,19-23,26,50,52-53H2,1-7H3,(H,54,62)(H,56,63)(H,57,61)(H,58,60)/t30-,38?,39-,43-/m0/s1. The first-order chi connectivity index (χ1) is 31.4. The zero-order valence-electron chi connectivity index (χ0n) is 38.7. The Kier molecular flexibility index (Phi) is 17.0. The van der Waals surface area contributed by atoms with Crippen molar-refractivity contribution in [1.29, 1.82) is 5.26 Å². The second kappa shape index (κ2) is 22.4. The maximum atomic E-state index is 14.7. The number of nitrogens with zero attached hydrogens (tertiary/aromatic N) is 3. The van der Waals surface area contributed by atoms with Gasteiger partial charge in [-0.3, -0.25) is 29.0 Å². The van der Waals surface area contributed by atoms with Gasteiger partial charge in [-0.15, -0.1) is 0 Å². The van der Waals surface area contributed by atoms with Crippen LogP contribution in [-0.4, -0.2) is 104 Å². The molecule has 17 nitrogen and oxygen atoms in total. The number of pyridine rings is 1. The number of carbonyl (C=O) groups is 5. The molecule has 1 aliphatic rings. The van der Waals surface area contributed by atoms with E-state index in [1.165, 1.54) is 24.4 Å². The van der Waals surface area contributed by atoms with E-state index in [0.717, 1.165) is 16.8 Å². The fourth-order valence-corrected chi connectivity index (χ4v) is 7.72. The predicted octanol–water partition coefficient (Wildman–Crippen LogP) is 2.84. The highest BCUT2D eigenvalue weighted by Gasteiger charge is 2.36. The van der Waals surface area contributed by atoms with E-state index in [0.29, 0.717) is 39.4 Å². The molecule has 2 heterocycles. The molecule has 4 atom stereocenters. The van der Waals surface area contributed by atoms with E-state index < -0.39 is 53.7 Å². The summed E-state index contributed by atoms with van der Waals surface area (Å²) in [7, 11) is 1.43. The number of ether oxygens (including phenoxy) is 2. The number of aryl methyl sites for hydroxylation is 2. The lowest BCUT2D eigenvalue weighted by atomic mass is 9.86. The molecule has 1 aliphatic heterocycles. The summed E-state index contributed by atoms with van der Waals surface area (Å²) >= 11 is 0. The van der Waals surface area contributed by atoms with Crippen molar-refractivity contribution in [2.45, 2.75) is 84.0 Å². The number of likely N-dealkylation sites (N-methyl/N-ethyl adjacent to an activating group) is 1. The highest BCUT2D eigenvalue weighted by atomic mass is 16.5. The molecule has 0 saturated carbocycles. The van der Waals surface area contributed by atoms with E-state index in [2.05, 4.69) is 54.2 Å². The second-order valence-corrected chi connectivity index (χ2v) is 17.3. The van der Waals surface area contributed by atoms with E-state index in [1.54, 1.807) is 49.4 Å². The van der Waals surface area contributed by atoms with Crippen LogP contribution in [0.25, 0.3) is 22.4 Å². The Morgan fingerprint density at radius 1 is 0.894 bits per heavy atom. The van der Waals surface area contributed by atoms with Crippen molar-refractivity contribution in [3.63, 3.8) is 0 Å². The zero-order chi connectivity index (χ0) is 48.3. The average molecular weight is 903 g/mol. The number of benzene rings is 3. The van der Waals surface area contributed by atoms with Gasteiger partial charge < -0.3 is 52.8 Å². The van der Waals surface area contributed by atoms with Crippen LogP contribution in [-0.2, 0) is 31.0 Å². The van der Waals surface area contributed by atoms with Crippen molar-refractivity contribution in [2.24, 2.45) is 17.2 Å². The quantitative estimate of drug-likeness (QED) is 0.0850. The number of nitrogens with two attached hydrogens (primary N) is 3. The van der Waals surface area contributed by atoms with Crippen LogP contribution in [0.3, 0.4) is 0 Å². The summed E-state index contributed by atoms with van der Waals surface area (Å²) in [5, 5.41) is 20.0. The number of hydrogen-bond acceptors (Lipinski definition) is 12. The Labute approximate surface area is 386 Å². The SMILES string of the molecule is Cc1cc(C(=O)NC(CCN)C(=O)N(C)[C@@H]2C(=O)N[C@@H](C)C(=O)N[C@H](C(=O)NCC#N)Cc3ccc(OCCN)c(c3)-c3cc2ccc3OCCN)c(C)nc1-c1ccc(C(C)(C)C)cc1. The number of fused-ring (bicyclic) bond motifs is 5. The Bertz CT molecular complexity index is 2460. The first-order valence-electron chi connectivity index (χ1n) is 22.0. The zero-order valence-corrected chi connectivity index (χ0v) is 38.7. The van der Waals surface area contributed by atoms with Gasteiger partial charge in [-0.1, -0.05) is 57.2 Å². The number of amides is 5. The van der Waals surface area contributed by atoms with Crippen LogP contribution in [0.2, 0.25) is 0 Å². The van der Waals surface area contributed by atoms with Crippen molar-refractivity contribution in [1.82, 2.24) is 31.2 Å². The normalized spacial score (nSPS) is 16.7. The summed E-state index contributed by atoms with van der Waals surface area (Å²) in [6.45, 7) is 11.9. The minimum Gasteiger partial charge on any atom is -0.492 e. The van der Waals surface area contributed by atoms with Crippen molar-refractivity contribution in [3.05, 3.63) is 100 Å². The summed E-state index contributed by atoms with van der Waals surface area (Å²) < 4.78 is 12.2. The third-order valence-corrected chi connectivity index (χ3v) is 11.3. The molecule has 0 radical (unpaired) electrons. The molecular formula is C49H62N10O7. The van der Waals surface area contributed by atoms with Gasteiger partial charge in [-0.05, 0) is 91.7 Å². The maximum absolute atomic E-state index is 14.7. The highest BCUT2D eigenvalue weighted by molar-refractivity contribution is 6.00. The molecule has 3 aromatic carbocycles. The number of nitrogens with one attached hydrogen (secondary N) is 4. The molecule has 10 N–H and O–H groups in total. The predicted molar refractivity (Wildman–Crippen MR) is 251 cm³/mol. The van der Waals surface area contributed by atoms with Crippen LogP contribution in [0, 0.1) is 25.2 Å². The third-order valence-electron chi connectivity index (χ3n) is 11.3. The van der Waals surface area contributed by atoms with E-state index >= 15 is 0 Å². The van der Waals surface area contributed by atoms with Crippen LogP contribution in [0.4, 0.5) is 0 Å². The molecule has 0 fully saturated rings. The van der Waals surface area contributed by atoms with Crippen LogP contribution in [0.1, 0.15) is 78.5 Å². The monoisotopic (exact) mass is 902 g/mol. The van der Waals surface area contributed by atoms with Gasteiger partial charge in [0.15, 0.2) is 0 Å². The van der Waals surface area contributed by atoms with Crippen LogP contribution in [0.5, 0.6) is 11.5 Å². The molecule has 5 amide bonds. The lowest BCUT2D eigenvalue weighted by Crippen LogP contribution is -2.56. The van der Waals surface area contributed by atoms with Crippen LogP contribution < -0.4 is 47.9 Å². The number of hydrogen-bond donors (Lipinski definition) is 7. The number of nitriles is 1. The average Bonchev–Trinajstić information content (AvgIpc) is 3.29. The van der Waals surface area contributed by atoms with Crippen LogP contribution >= 0.6 is 0 Å². The molecule has 17 heteroatoms. The number of rotatable bonds is 15. The van der Waals surface area contributed by atoms with Gasteiger partial charge in [0.1, 0.15) is 55.4 Å². The second-order valence-electron chi connectivity index (χ2n) is 17.3. The third kappa shape index (κ3) is 12.1. The van der Waals surface area contributed by atoms with E-state index in [1.807, 2.05) is 25.1 Å². The van der Waals surface area contributed by atoms with Crippen molar-refractivity contribution in [2.75, 3.05) is 46.4 Å². The Hall–Kier alpha value is -6.87. The van der Waals surface area contributed by atoms with Gasteiger partial charge in [0.25, 0.3) is 5.91 Å². The fourth-order valence-electron chi connectivity index (χ4n) is 7.72. The molecule has 66 heavy (non-hydrogen) atoms. The lowest BCUT2D eigenvalue weighted by molar-refractivity contribution is -0.141. The molecule has 1 aromatic heterocycles. The molecule has 350 valence electrons. The lowest BCUT2D eigenvalue weighted by Gasteiger charge is -2.32. The Morgan fingerprint density at radius 3 is 2.14 bits per heavy atom. The molecule has 5 rings (SSSR count). The molecule has 1 unspecified atom stereocenters. The molecule has 0 spiro atoms. The van der Waals surface area contributed by atoms with Crippen molar-refractivity contribution >= 4 is 29.5 Å². The first-order valence-corrected chi connectivity index (χ1v) is 22.0. The molecule has 4 bridgehead atoms. The Balaban J connectivity index is 1.57. The first kappa shape index (κ1) is 50.1.